The van der Waals surface area contributed by atoms with Crippen LogP contribution in [0.3, 0.4) is 0 Å². The molecule has 1 atom stereocenters. The lowest BCUT2D eigenvalue weighted by Gasteiger charge is -2.27. The highest BCUT2D eigenvalue weighted by atomic mass is 35.5. The van der Waals surface area contributed by atoms with Crippen molar-refractivity contribution in [3.63, 3.8) is 0 Å². The molecule has 150 valence electrons. The second-order valence-electron chi connectivity index (χ2n) is 6.82. The third-order valence-electron chi connectivity index (χ3n) is 5.01. The van der Waals surface area contributed by atoms with Crippen LogP contribution in [0.4, 0.5) is 0 Å². The number of rotatable bonds is 6. The summed E-state index contributed by atoms with van der Waals surface area (Å²) >= 11 is 12.6. The number of aromatic hydroxyl groups is 1. The maximum atomic E-state index is 13.2. The van der Waals surface area contributed by atoms with E-state index in [1.165, 1.54) is 0 Å². The van der Waals surface area contributed by atoms with Gasteiger partial charge in [-0.1, -0.05) is 29.3 Å². The third kappa shape index (κ3) is 3.59. The van der Waals surface area contributed by atoms with E-state index in [0.29, 0.717) is 41.0 Å². The van der Waals surface area contributed by atoms with E-state index >= 15 is 0 Å². The van der Waals surface area contributed by atoms with Crippen molar-refractivity contribution in [2.75, 3.05) is 20.3 Å². The molecule has 2 aromatic carbocycles. The second-order valence-corrected chi connectivity index (χ2v) is 7.66. The van der Waals surface area contributed by atoms with Gasteiger partial charge < -0.3 is 14.7 Å². The number of ether oxygens (including phenoxy) is 1. The first kappa shape index (κ1) is 19.8. The minimum absolute atomic E-state index is 0.135. The van der Waals surface area contributed by atoms with Crippen LogP contribution in [-0.4, -0.2) is 46.4 Å². The number of benzene rings is 2. The van der Waals surface area contributed by atoms with Crippen LogP contribution in [0.25, 0.3) is 11.3 Å². The van der Waals surface area contributed by atoms with Gasteiger partial charge in [0.05, 0.1) is 11.7 Å². The Balaban J connectivity index is 1.84. The van der Waals surface area contributed by atoms with Gasteiger partial charge in [0.25, 0.3) is 5.91 Å². The number of phenolic OH excluding ortho intramolecular Hbond substituents is 1. The molecule has 1 unspecified atom stereocenters. The van der Waals surface area contributed by atoms with Gasteiger partial charge in [-0.2, -0.15) is 5.10 Å². The molecule has 4 rings (SSSR count). The molecule has 0 bridgehead atoms. The van der Waals surface area contributed by atoms with E-state index in [1.807, 2.05) is 6.07 Å². The van der Waals surface area contributed by atoms with E-state index in [1.54, 1.807) is 48.4 Å². The SMILES string of the molecule is COCCCN1C(=O)c2[nH]nc(-c3ccc(O)cc3)c2C1c1ccc(Cl)cc1Cl. The standard InChI is InChI=1S/C21H19Cl2N3O3/c1-29-10-2-9-26-20(15-8-5-13(22)11-16(15)23)17-18(24-25-19(17)21(26)28)12-3-6-14(27)7-4-12/h3-8,11,20,27H,2,9-10H2,1H3,(H,24,25). The minimum Gasteiger partial charge on any atom is -0.508 e. The summed E-state index contributed by atoms with van der Waals surface area (Å²) in [6.07, 6.45) is 0.691. The molecule has 6 nitrogen and oxygen atoms in total. The van der Waals surface area contributed by atoms with Crippen LogP contribution < -0.4 is 0 Å². The van der Waals surface area contributed by atoms with Gasteiger partial charge in [-0.15, -0.1) is 0 Å². The lowest BCUT2D eigenvalue weighted by atomic mass is 9.96. The summed E-state index contributed by atoms with van der Waals surface area (Å²) in [7, 11) is 1.63. The van der Waals surface area contributed by atoms with Gasteiger partial charge in [0.15, 0.2) is 0 Å². The fourth-order valence-corrected chi connectivity index (χ4v) is 4.20. The van der Waals surface area contributed by atoms with Crippen LogP contribution in [0.5, 0.6) is 5.75 Å². The number of aromatic amines is 1. The van der Waals surface area contributed by atoms with Crippen LogP contribution in [0.15, 0.2) is 42.5 Å². The fourth-order valence-electron chi connectivity index (χ4n) is 3.69. The topological polar surface area (TPSA) is 78.5 Å². The largest absolute Gasteiger partial charge is 0.508 e. The molecule has 0 aliphatic carbocycles. The maximum absolute atomic E-state index is 13.2. The van der Waals surface area contributed by atoms with Gasteiger partial charge in [-0.3, -0.25) is 9.89 Å². The Morgan fingerprint density at radius 2 is 1.97 bits per heavy atom. The number of nitrogens with one attached hydrogen (secondary N) is 1. The number of carbonyl (C=O) groups excluding carboxylic acids is 1. The van der Waals surface area contributed by atoms with Crippen LogP contribution in [0.2, 0.25) is 10.0 Å². The molecular formula is C21H19Cl2N3O3. The van der Waals surface area contributed by atoms with Crippen molar-refractivity contribution in [2.24, 2.45) is 0 Å². The summed E-state index contributed by atoms with van der Waals surface area (Å²) in [4.78, 5) is 14.9. The van der Waals surface area contributed by atoms with Crippen molar-refractivity contribution >= 4 is 29.1 Å². The maximum Gasteiger partial charge on any atom is 0.273 e. The molecule has 8 heteroatoms. The predicted molar refractivity (Wildman–Crippen MR) is 112 cm³/mol. The fraction of sp³-hybridized carbons (Fsp3) is 0.238. The number of hydrogen-bond donors (Lipinski definition) is 2. The summed E-state index contributed by atoms with van der Waals surface area (Å²) in [6.45, 7) is 1.05. The first-order chi connectivity index (χ1) is 14.0. The number of aromatic nitrogens is 2. The van der Waals surface area contributed by atoms with Crippen molar-refractivity contribution in [2.45, 2.75) is 12.5 Å². The highest BCUT2D eigenvalue weighted by molar-refractivity contribution is 6.35. The summed E-state index contributed by atoms with van der Waals surface area (Å²) in [6, 6.07) is 11.6. The molecule has 1 aliphatic heterocycles. The van der Waals surface area contributed by atoms with Gasteiger partial charge in [0.1, 0.15) is 11.4 Å². The Morgan fingerprint density at radius 3 is 2.66 bits per heavy atom. The Bertz CT molecular complexity index is 1050. The zero-order valence-electron chi connectivity index (χ0n) is 15.7. The predicted octanol–water partition coefficient (Wildman–Crippen LogP) is 4.67. The Morgan fingerprint density at radius 1 is 1.21 bits per heavy atom. The smallest absolute Gasteiger partial charge is 0.273 e. The second kappa shape index (κ2) is 8.06. The van der Waals surface area contributed by atoms with E-state index in [2.05, 4.69) is 10.2 Å². The molecule has 2 heterocycles. The zero-order chi connectivity index (χ0) is 20.5. The number of carbonyl (C=O) groups is 1. The van der Waals surface area contributed by atoms with E-state index in [9.17, 15) is 9.90 Å². The molecule has 0 fully saturated rings. The average molecular weight is 432 g/mol. The molecule has 0 spiro atoms. The molecule has 2 N–H and O–H groups in total. The normalized spacial score (nSPS) is 15.8. The number of halogens is 2. The summed E-state index contributed by atoms with van der Waals surface area (Å²) in [5, 5.41) is 17.9. The number of amides is 1. The molecule has 1 aliphatic rings. The summed E-state index contributed by atoms with van der Waals surface area (Å²) < 4.78 is 5.15. The van der Waals surface area contributed by atoms with Crippen LogP contribution >= 0.6 is 23.2 Å². The number of methoxy groups -OCH3 is 1. The Kier molecular flexibility index (Phi) is 5.50. The molecule has 0 saturated carbocycles. The molecule has 1 aromatic heterocycles. The monoisotopic (exact) mass is 431 g/mol. The van der Waals surface area contributed by atoms with E-state index in [4.69, 9.17) is 27.9 Å². The van der Waals surface area contributed by atoms with Gasteiger partial charge >= 0.3 is 0 Å². The van der Waals surface area contributed by atoms with Crippen LogP contribution in [-0.2, 0) is 4.74 Å². The average Bonchev–Trinajstić information content (AvgIpc) is 3.23. The Hall–Kier alpha value is -2.54. The van der Waals surface area contributed by atoms with E-state index in [0.717, 1.165) is 16.7 Å². The van der Waals surface area contributed by atoms with Crippen molar-refractivity contribution in [1.82, 2.24) is 15.1 Å². The number of fused-ring (bicyclic) bond motifs is 1. The van der Waals surface area contributed by atoms with Gasteiger partial charge in [-0.05, 0) is 48.4 Å². The van der Waals surface area contributed by atoms with Gasteiger partial charge in [0.2, 0.25) is 0 Å². The van der Waals surface area contributed by atoms with Crippen molar-refractivity contribution in [3.05, 3.63) is 69.3 Å². The summed E-state index contributed by atoms with van der Waals surface area (Å²) in [5.41, 5.74) is 3.44. The molecule has 0 radical (unpaired) electrons. The van der Waals surface area contributed by atoms with Crippen molar-refractivity contribution in [1.29, 1.82) is 0 Å². The van der Waals surface area contributed by atoms with E-state index in [-0.39, 0.29) is 11.7 Å². The number of nitrogens with zero attached hydrogens (tertiary/aromatic N) is 2. The lowest BCUT2D eigenvalue weighted by Crippen LogP contribution is -2.31. The molecular weight excluding hydrogens is 413 g/mol. The lowest BCUT2D eigenvalue weighted by molar-refractivity contribution is 0.0723. The first-order valence-electron chi connectivity index (χ1n) is 9.13. The van der Waals surface area contributed by atoms with Gasteiger partial charge in [0, 0.05) is 41.4 Å². The highest BCUT2D eigenvalue weighted by Crippen LogP contribution is 2.45. The highest BCUT2D eigenvalue weighted by Gasteiger charge is 2.42. The molecule has 29 heavy (non-hydrogen) atoms. The van der Waals surface area contributed by atoms with E-state index < -0.39 is 6.04 Å². The molecule has 3 aromatic rings. The first-order valence-corrected chi connectivity index (χ1v) is 9.89. The molecule has 0 saturated heterocycles. The van der Waals surface area contributed by atoms with Crippen LogP contribution in [0.1, 0.15) is 34.1 Å². The van der Waals surface area contributed by atoms with Gasteiger partial charge in [-0.25, -0.2) is 0 Å². The zero-order valence-corrected chi connectivity index (χ0v) is 17.2. The van der Waals surface area contributed by atoms with Crippen molar-refractivity contribution < 1.29 is 14.6 Å². The molecule has 1 amide bonds. The third-order valence-corrected chi connectivity index (χ3v) is 5.57. The quantitative estimate of drug-likeness (QED) is 0.555. The number of hydrogen-bond acceptors (Lipinski definition) is 4. The summed E-state index contributed by atoms with van der Waals surface area (Å²) in [5.74, 6) is 0.0279. The minimum atomic E-state index is -0.401. The number of H-pyrrole nitrogens is 1. The Labute approximate surface area is 178 Å². The number of phenols is 1. The van der Waals surface area contributed by atoms with Crippen molar-refractivity contribution in [3.8, 4) is 17.0 Å². The van der Waals surface area contributed by atoms with Crippen LogP contribution in [0, 0.1) is 0 Å².